The molecule has 1 aromatic carbocycles. The SMILES string of the molecule is CC(CC(C)(C)c1ccccc1)NCCN(C)C. The van der Waals surface area contributed by atoms with Gasteiger partial charge in [0.25, 0.3) is 0 Å². The Morgan fingerprint density at radius 1 is 1.17 bits per heavy atom. The van der Waals surface area contributed by atoms with Crippen LogP contribution in [0.1, 0.15) is 32.8 Å². The van der Waals surface area contributed by atoms with E-state index < -0.39 is 0 Å². The topological polar surface area (TPSA) is 15.3 Å². The maximum absolute atomic E-state index is 3.60. The number of rotatable bonds is 7. The Bertz CT molecular complexity index is 330. The molecule has 0 heterocycles. The van der Waals surface area contributed by atoms with Gasteiger partial charge >= 0.3 is 0 Å². The van der Waals surface area contributed by atoms with E-state index in [1.165, 1.54) is 5.56 Å². The molecule has 0 saturated heterocycles. The fourth-order valence-corrected chi connectivity index (χ4v) is 2.38. The van der Waals surface area contributed by atoms with Gasteiger partial charge in [-0.25, -0.2) is 0 Å². The summed E-state index contributed by atoms with van der Waals surface area (Å²) in [6.45, 7) is 9.08. The number of nitrogens with zero attached hydrogens (tertiary/aromatic N) is 1. The van der Waals surface area contributed by atoms with E-state index in [-0.39, 0.29) is 5.41 Å². The second-order valence-electron chi connectivity index (χ2n) is 6.11. The van der Waals surface area contributed by atoms with Crippen LogP contribution in [0.25, 0.3) is 0 Å². The van der Waals surface area contributed by atoms with Crippen LogP contribution in [0.5, 0.6) is 0 Å². The van der Waals surface area contributed by atoms with Crippen LogP contribution in [0, 0.1) is 0 Å². The Balaban J connectivity index is 2.45. The summed E-state index contributed by atoms with van der Waals surface area (Å²) in [6.07, 6.45) is 1.16. The molecule has 0 spiro atoms. The summed E-state index contributed by atoms with van der Waals surface area (Å²) in [5.74, 6) is 0. The van der Waals surface area contributed by atoms with Gasteiger partial charge in [-0.3, -0.25) is 0 Å². The minimum Gasteiger partial charge on any atom is -0.313 e. The van der Waals surface area contributed by atoms with Gasteiger partial charge < -0.3 is 10.2 Å². The first-order chi connectivity index (χ1) is 8.42. The van der Waals surface area contributed by atoms with Crippen molar-refractivity contribution in [3.63, 3.8) is 0 Å². The first-order valence-corrected chi connectivity index (χ1v) is 6.85. The van der Waals surface area contributed by atoms with Crippen molar-refractivity contribution in [3.8, 4) is 0 Å². The highest BCUT2D eigenvalue weighted by molar-refractivity contribution is 5.23. The Morgan fingerprint density at radius 3 is 2.33 bits per heavy atom. The highest BCUT2D eigenvalue weighted by atomic mass is 15.1. The van der Waals surface area contributed by atoms with E-state index in [9.17, 15) is 0 Å². The minimum absolute atomic E-state index is 0.228. The highest BCUT2D eigenvalue weighted by Crippen LogP contribution is 2.27. The van der Waals surface area contributed by atoms with Gasteiger partial charge in [0.2, 0.25) is 0 Å². The molecule has 2 nitrogen and oxygen atoms in total. The lowest BCUT2D eigenvalue weighted by Gasteiger charge is -2.29. The molecule has 0 bridgehead atoms. The van der Waals surface area contributed by atoms with E-state index in [1.54, 1.807) is 0 Å². The number of hydrogen-bond donors (Lipinski definition) is 1. The molecular weight excluding hydrogens is 220 g/mol. The summed E-state index contributed by atoms with van der Waals surface area (Å²) in [5.41, 5.74) is 1.65. The minimum atomic E-state index is 0.228. The van der Waals surface area contributed by atoms with Crippen LogP contribution < -0.4 is 5.32 Å². The normalized spacial score (nSPS) is 13.9. The van der Waals surface area contributed by atoms with Crippen molar-refractivity contribution in [2.45, 2.75) is 38.6 Å². The van der Waals surface area contributed by atoms with Gasteiger partial charge in [0, 0.05) is 19.1 Å². The molecule has 1 aromatic rings. The summed E-state index contributed by atoms with van der Waals surface area (Å²) in [4.78, 5) is 2.21. The number of nitrogens with one attached hydrogen (secondary N) is 1. The Morgan fingerprint density at radius 2 is 1.78 bits per heavy atom. The fourth-order valence-electron chi connectivity index (χ4n) is 2.38. The molecule has 18 heavy (non-hydrogen) atoms. The molecule has 2 heteroatoms. The zero-order valence-corrected chi connectivity index (χ0v) is 12.5. The molecule has 0 aliphatic rings. The average Bonchev–Trinajstić information content (AvgIpc) is 2.29. The highest BCUT2D eigenvalue weighted by Gasteiger charge is 2.22. The molecular formula is C16H28N2. The van der Waals surface area contributed by atoms with Gasteiger partial charge in [0.15, 0.2) is 0 Å². The summed E-state index contributed by atoms with van der Waals surface area (Å²) in [6, 6.07) is 11.3. The fraction of sp³-hybridized carbons (Fsp3) is 0.625. The van der Waals surface area contributed by atoms with Crippen molar-refractivity contribution in [2.75, 3.05) is 27.2 Å². The summed E-state index contributed by atoms with van der Waals surface area (Å²) in [5, 5.41) is 3.60. The molecule has 0 aromatic heterocycles. The van der Waals surface area contributed by atoms with Crippen molar-refractivity contribution in [2.24, 2.45) is 0 Å². The Hall–Kier alpha value is -0.860. The molecule has 1 atom stereocenters. The van der Waals surface area contributed by atoms with E-state index in [0.29, 0.717) is 6.04 Å². The van der Waals surface area contributed by atoms with Gasteiger partial charge in [-0.05, 0) is 38.4 Å². The van der Waals surface area contributed by atoms with Crippen LogP contribution in [0.2, 0.25) is 0 Å². The van der Waals surface area contributed by atoms with Crippen LogP contribution in [-0.2, 0) is 5.41 Å². The van der Waals surface area contributed by atoms with Gasteiger partial charge in [0.05, 0.1) is 0 Å². The molecule has 0 saturated carbocycles. The smallest absolute Gasteiger partial charge is 0.0101 e. The molecule has 0 aliphatic carbocycles. The average molecular weight is 248 g/mol. The van der Waals surface area contributed by atoms with Crippen molar-refractivity contribution in [3.05, 3.63) is 35.9 Å². The van der Waals surface area contributed by atoms with Gasteiger partial charge in [0.1, 0.15) is 0 Å². The lowest BCUT2D eigenvalue weighted by atomic mass is 9.79. The molecule has 0 radical (unpaired) electrons. The predicted molar refractivity (Wildman–Crippen MR) is 80.1 cm³/mol. The quantitative estimate of drug-likeness (QED) is 0.798. The van der Waals surface area contributed by atoms with Crippen molar-refractivity contribution in [1.82, 2.24) is 10.2 Å². The van der Waals surface area contributed by atoms with Crippen molar-refractivity contribution >= 4 is 0 Å². The lowest BCUT2D eigenvalue weighted by Crippen LogP contribution is -2.37. The van der Waals surface area contributed by atoms with E-state index in [1.807, 2.05) is 0 Å². The summed E-state index contributed by atoms with van der Waals surface area (Å²) < 4.78 is 0. The van der Waals surface area contributed by atoms with Gasteiger partial charge in [-0.15, -0.1) is 0 Å². The molecule has 1 unspecified atom stereocenters. The van der Waals surface area contributed by atoms with Crippen molar-refractivity contribution < 1.29 is 0 Å². The second-order valence-corrected chi connectivity index (χ2v) is 6.11. The Kier molecular flexibility index (Phi) is 5.83. The molecule has 0 amide bonds. The third-order valence-electron chi connectivity index (χ3n) is 3.42. The van der Waals surface area contributed by atoms with Crippen LogP contribution >= 0.6 is 0 Å². The number of benzene rings is 1. The number of hydrogen-bond acceptors (Lipinski definition) is 2. The van der Waals surface area contributed by atoms with E-state index >= 15 is 0 Å². The zero-order chi connectivity index (χ0) is 13.6. The maximum atomic E-state index is 3.60. The van der Waals surface area contributed by atoms with E-state index in [4.69, 9.17) is 0 Å². The summed E-state index contributed by atoms with van der Waals surface area (Å²) in [7, 11) is 4.22. The Labute approximate surface area is 112 Å². The molecule has 1 rings (SSSR count). The molecule has 0 aliphatic heterocycles. The van der Waals surface area contributed by atoms with Crippen LogP contribution in [0.3, 0.4) is 0 Å². The largest absolute Gasteiger partial charge is 0.313 e. The maximum Gasteiger partial charge on any atom is 0.0101 e. The molecule has 0 fully saturated rings. The van der Waals surface area contributed by atoms with Gasteiger partial charge in [-0.2, -0.15) is 0 Å². The van der Waals surface area contributed by atoms with E-state index in [0.717, 1.165) is 19.5 Å². The third-order valence-corrected chi connectivity index (χ3v) is 3.42. The van der Waals surface area contributed by atoms with Crippen molar-refractivity contribution in [1.29, 1.82) is 0 Å². The first-order valence-electron chi connectivity index (χ1n) is 6.85. The predicted octanol–water partition coefficient (Wildman–Crippen LogP) is 2.89. The van der Waals surface area contributed by atoms with Crippen LogP contribution in [-0.4, -0.2) is 38.1 Å². The monoisotopic (exact) mass is 248 g/mol. The molecule has 102 valence electrons. The first kappa shape index (κ1) is 15.2. The van der Waals surface area contributed by atoms with Gasteiger partial charge in [-0.1, -0.05) is 44.2 Å². The third kappa shape index (κ3) is 5.19. The number of likely N-dealkylation sites (N-methyl/N-ethyl adjacent to an activating group) is 1. The summed E-state index contributed by atoms with van der Waals surface area (Å²) >= 11 is 0. The zero-order valence-electron chi connectivity index (χ0n) is 12.5. The standard InChI is InChI=1S/C16H28N2/c1-14(17-11-12-18(4)5)13-16(2,3)15-9-7-6-8-10-15/h6-10,14,17H,11-13H2,1-5H3. The van der Waals surface area contributed by atoms with Crippen LogP contribution in [0.15, 0.2) is 30.3 Å². The molecule has 1 N–H and O–H groups in total. The van der Waals surface area contributed by atoms with Crippen LogP contribution in [0.4, 0.5) is 0 Å². The second kappa shape index (κ2) is 6.91. The van der Waals surface area contributed by atoms with E-state index in [2.05, 4.69) is 75.4 Å². The lowest BCUT2D eigenvalue weighted by molar-refractivity contribution is 0.353.